The molecule has 0 aromatic rings. The van der Waals surface area contributed by atoms with Crippen LogP contribution in [0.4, 0.5) is 0 Å². The molecule has 0 amide bonds. The van der Waals surface area contributed by atoms with Crippen molar-refractivity contribution in [3.63, 3.8) is 0 Å². The molecule has 0 aromatic heterocycles. The van der Waals surface area contributed by atoms with E-state index >= 15 is 0 Å². The fourth-order valence-corrected chi connectivity index (χ4v) is 5.34. The summed E-state index contributed by atoms with van der Waals surface area (Å²) in [7, 11) is 0. The van der Waals surface area contributed by atoms with Gasteiger partial charge in [-0.1, -0.05) is 38.5 Å². The van der Waals surface area contributed by atoms with Crippen molar-refractivity contribution in [2.24, 2.45) is 22.7 Å². The predicted molar refractivity (Wildman–Crippen MR) is 92.6 cm³/mol. The van der Waals surface area contributed by atoms with Gasteiger partial charge in [0.15, 0.2) is 0 Å². The Hall–Kier alpha value is -0.600. The van der Waals surface area contributed by atoms with Crippen molar-refractivity contribution in [2.45, 2.75) is 71.3 Å². The highest BCUT2D eigenvalue weighted by atomic mass is 16.3. The zero-order valence-corrected chi connectivity index (χ0v) is 14.7. The number of aliphatic hydroxyl groups is 2. The maximum atomic E-state index is 10.3. The summed E-state index contributed by atoms with van der Waals surface area (Å²) in [6.45, 7) is 14.9. The minimum Gasteiger partial charge on any atom is -0.396 e. The third kappa shape index (κ3) is 3.05. The lowest BCUT2D eigenvalue weighted by molar-refractivity contribution is -0.0885. The summed E-state index contributed by atoms with van der Waals surface area (Å²) in [5.74, 6) is 1.01. The minimum atomic E-state index is -0.793. The summed E-state index contributed by atoms with van der Waals surface area (Å²) < 4.78 is 0. The summed E-state index contributed by atoms with van der Waals surface area (Å²) in [6.07, 6.45) is 9.10. The van der Waals surface area contributed by atoms with Gasteiger partial charge in [0.05, 0.1) is 5.60 Å². The van der Waals surface area contributed by atoms with E-state index in [-0.39, 0.29) is 17.4 Å². The second kappa shape index (κ2) is 6.13. The number of rotatable bonds is 5. The normalized spacial score (nSPS) is 41.6. The molecule has 0 bridgehead atoms. The molecule has 2 N–H and O–H groups in total. The van der Waals surface area contributed by atoms with Crippen LogP contribution in [0.1, 0.15) is 65.7 Å². The Bertz CT molecular complexity index is 439. The monoisotopic (exact) mass is 306 g/mol. The van der Waals surface area contributed by atoms with Crippen molar-refractivity contribution >= 4 is 0 Å². The van der Waals surface area contributed by atoms with E-state index in [9.17, 15) is 10.2 Å². The van der Waals surface area contributed by atoms with E-state index in [2.05, 4.69) is 27.0 Å². The first kappa shape index (κ1) is 17.7. The summed E-state index contributed by atoms with van der Waals surface area (Å²) in [4.78, 5) is 0. The summed E-state index contributed by atoms with van der Waals surface area (Å²) in [5, 5.41) is 20.3. The summed E-state index contributed by atoms with van der Waals surface area (Å²) >= 11 is 0. The van der Waals surface area contributed by atoms with Crippen molar-refractivity contribution < 1.29 is 10.2 Å². The lowest BCUT2D eigenvalue weighted by atomic mass is 9.46. The second-order valence-electron chi connectivity index (χ2n) is 8.57. The average molecular weight is 306 g/mol. The highest BCUT2D eigenvalue weighted by Gasteiger charge is 2.54. The van der Waals surface area contributed by atoms with Gasteiger partial charge in [-0.25, -0.2) is 0 Å². The molecule has 0 spiro atoms. The van der Waals surface area contributed by atoms with Crippen molar-refractivity contribution in [3.05, 3.63) is 24.8 Å². The lowest BCUT2D eigenvalue weighted by Gasteiger charge is -2.58. The van der Waals surface area contributed by atoms with Crippen LogP contribution in [-0.2, 0) is 0 Å². The highest BCUT2D eigenvalue weighted by Crippen LogP contribution is 2.61. The molecule has 22 heavy (non-hydrogen) atoms. The summed E-state index contributed by atoms with van der Waals surface area (Å²) in [5.41, 5.74) is 0.814. The molecule has 2 nitrogen and oxygen atoms in total. The van der Waals surface area contributed by atoms with Crippen LogP contribution in [0.25, 0.3) is 0 Å². The Balaban J connectivity index is 2.24. The van der Waals surface area contributed by atoms with Crippen LogP contribution < -0.4 is 0 Å². The molecule has 0 saturated heterocycles. The van der Waals surface area contributed by atoms with Gasteiger partial charge in [-0.15, -0.1) is 6.58 Å². The number of fused-ring (bicyclic) bond motifs is 1. The molecule has 2 aliphatic rings. The van der Waals surface area contributed by atoms with E-state index in [0.717, 1.165) is 32.1 Å². The largest absolute Gasteiger partial charge is 0.396 e. The third-order valence-electron chi connectivity index (χ3n) is 6.88. The molecule has 5 atom stereocenters. The van der Waals surface area contributed by atoms with Crippen LogP contribution in [0.15, 0.2) is 24.8 Å². The Morgan fingerprint density at radius 1 is 1.36 bits per heavy atom. The first-order chi connectivity index (χ1) is 10.2. The standard InChI is InChI=1S/C20H34O2/c1-6-19(4,22)13-10-16-15(2)8-9-17-18(3,14-21)11-7-12-20(16,17)5/h6,16-17,21-22H,1-2,7-14H2,3-5H3/t16-,17?,18+,19?,20+/m0/s1. The van der Waals surface area contributed by atoms with E-state index in [0.29, 0.717) is 11.8 Å². The van der Waals surface area contributed by atoms with Gasteiger partial charge < -0.3 is 10.2 Å². The van der Waals surface area contributed by atoms with Crippen LogP contribution in [-0.4, -0.2) is 22.4 Å². The number of allylic oxidation sites excluding steroid dienone is 1. The Morgan fingerprint density at radius 3 is 2.64 bits per heavy atom. The maximum Gasteiger partial charge on any atom is 0.0797 e. The Labute approximate surface area is 136 Å². The van der Waals surface area contributed by atoms with E-state index in [1.807, 2.05) is 6.92 Å². The van der Waals surface area contributed by atoms with Gasteiger partial charge in [-0.2, -0.15) is 0 Å². The van der Waals surface area contributed by atoms with Crippen LogP contribution in [0.3, 0.4) is 0 Å². The van der Waals surface area contributed by atoms with Crippen LogP contribution in [0.2, 0.25) is 0 Å². The van der Waals surface area contributed by atoms with Crippen LogP contribution in [0, 0.1) is 22.7 Å². The molecule has 0 heterocycles. The van der Waals surface area contributed by atoms with E-state index in [1.54, 1.807) is 6.08 Å². The first-order valence-electron chi connectivity index (χ1n) is 8.83. The smallest absolute Gasteiger partial charge is 0.0797 e. The van der Waals surface area contributed by atoms with Gasteiger partial charge in [0.1, 0.15) is 0 Å². The van der Waals surface area contributed by atoms with Gasteiger partial charge in [0.25, 0.3) is 0 Å². The molecular formula is C20H34O2. The first-order valence-corrected chi connectivity index (χ1v) is 8.83. The fraction of sp³-hybridized carbons (Fsp3) is 0.800. The molecular weight excluding hydrogens is 272 g/mol. The van der Waals surface area contributed by atoms with Crippen molar-refractivity contribution in [3.8, 4) is 0 Å². The third-order valence-corrected chi connectivity index (χ3v) is 6.88. The SMILES string of the molecule is C=CC(C)(O)CC[C@H]1C(=C)CCC2[C@@](C)(CO)CCC[C@@]21C. The fourth-order valence-electron chi connectivity index (χ4n) is 5.34. The Morgan fingerprint density at radius 2 is 2.05 bits per heavy atom. The molecule has 2 fully saturated rings. The molecule has 2 aliphatic carbocycles. The molecule has 0 aromatic carbocycles. The molecule has 2 rings (SSSR count). The minimum absolute atomic E-state index is 0.0485. The topological polar surface area (TPSA) is 40.5 Å². The zero-order chi connectivity index (χ0) is 16.6. The lowest BCUT2D eigenvalue weighted by Crippen LogP contribution is -2.52. The molecule has 0 aliphatic heterocycles. The van der Waals surface area contributed by atoms with E-state index in [4.69, 9.17) is 0 Å². The zero-order valence-electron chi connectivity index (χ0n) is 14.7. The predicted octanol–water partition coefficient (Wildman–Crippen LogP) is 4.47. The van der Waals surface area contributed by atoms with Crippen LogP contribution in [0.5, 0.6) is 0 Å². The van der Waals surface area contributed by atoms with Crippen LogP contribution >= 0.6 is 0 Å². The van der Waals surface area contributed by atoms with E-state index < -0.39 is 5.60 Å². The van der Waals surface area contributed by atoms with E-state index in [1.165, 1.54) is 18.4 Å². The molecule has 2 unspecified atom stereocenters. The van der Waals surface area contributed by atoms with Gasteiger partial charge in [-0.05, 0) is 68.1 Å². The molecule has 2 saturated carbocycles. The van der Waals surface area contributed by atoms with Gasteiger partial charge >= 0.3 is 0 Å². The van der Waals surface area contributed by atoms with Gasteiger partial charge in [-0.3, -0.25) is 0 Å². The number of hydrogen-bond acceptors (Lipinski definition) is 2. The average Bonchev–Trinajstić information content (AvgIpc) is 2.46. The van der Waals surface area contributed by atoms with Crippen molar-refractivity contribution in [1.82, 2.24) is 0 Å². The summed E-state index contributed by atoms with van der Waals surface area (Å²) in [6, 6.07) is 0. The molecule has 0 radical (unpaired) electrons. The molecule has 126 valence electrons. The highest BCUT2D eigenvalue weighted by molar-refractivity contribution is 5.16. The second-order valence-corrected chi connectivity index (χ2v) is 8.57. The van der Waals surface area contributed by atoms with Gasteiger partial charge in [0.2, 0.25) is 0 Å². The molecule has 2 heteroatoms. The van der Waals surface area contributed by atoms with Crippen molar-refractivity contribution in [1.29, 1.82) is 0 Å². The van der Waals surface area contributed by atoms with Gasteiger partial charge in [0, 0.05) is 6.61 Å². The number of aliphatic hydroxyl groups excluding tert-OH is 1. The Kier molecular flexibility index (Phi) is 4.94. The van der Waals surface area contributed by atoms with Crippen molar-refractivity contribution in [2.75, 3.05) is 6.61 Å². The number of hydrogen-bond donors (Lipinski definition) is 2. The maximum absolute atomic E-state index is 10.3. The quantitative estimate of drug-likeness (QED) is 0.735.